The van der Waals surface area contributed by atoms with E-state index in [1.165, 1.54) is 12.8 Å². The zero-order valence-electron chi connectivity index (χ0n) is 9.97. The number of aliphatic hydroxyl groups is 1. The van der Waals surface area contributed by atoms with Crippen molar-refractivity contribution < 1.29 is 18.3 Å². The highest BCUT2D eigenvalue weighted by molar-refractivity contribution is 7.91. The molecule has 1 aliphatic carbocycles. The SMILES string of the molecule is O=S1(=O)CC(O)C(NCCCOCC2CC2)C1. The van der Waals surface area contributed by atoms with E-state index in [2.05, 4.69) is 5.32 Å². The summed E-state index contributed by atoms with van der Waals surface area (Å²) in [5.41, 5.74) is 0. The number of hydrogen-bond donors (Lipinski definition) is 2. The Labute approximate surface area is 102 Å². The van der Waals surface area contributed by atoms with Crippen LogP contribution in [0.15, 0.2) is 0 Å². The predicted molar refractivity (Wildman–Crippen MR) is 64.6 cm³/mol. The lowest BCUT2D eigenvalue weighted by atomic mass is 10.2. The minimum atomic E-state index is -3.04. The molecule has 1 heterocycles. The zero-order chi connectivity index (χ0) is 12.3. The Hall–Kier alpha value is -0.170. The van der Waals surface area contributed by atoms with Gasteiger partial charge in [0.2, 0.25) is 0 Å². The molecule has 0 aromatic heterocycles. The van der Waals surface area contributed by atoms with E-state index in [9.17, 15) is 13.5 Å². The highest BCUT2D eigenvalue weighted by Crippen LogP contribution is 2.28. The van der Waals surface area contributed by atoms with Gasteiger partial charge in [-0.25, -0.2) is 8.42 Å². The molecule has 1 aliphatic heterocycles. The average Bonchev–Trinajstić information content (AvgIpc) is 3.00. The van der Waals surface area contributed by atoms with Gasteiger partial charge in [-0.3, -0.25) is 0 Å². The number of nitrogens with one attached hydrogen (secondary N) is 1. The number of ether oxygens (including phenoxy) is 1. The monoisotopic (exact) mass is 263 g/mol. The van der Waals surface area contributed by atoms with Crippen molar-refractivity contribution in [3.05, 3.63) is 0 Å². The number of sulfone groups is 1. The van der Waals surface area contributed by atoms with E-state index in [0.29, 0.717) is 13.2 Å². The fourth-order valence-electron chi connectivity index (χ4n) is 2.02. The summed E-state index contributed by atoms with van der Waals surface area (Å²) in [4.78, 5) is 0. The second kappa shape index (κ2) is 5.65. The van der Waals surface area contributed by atoms with E-state index in [-0.39, 0.29) is 17.5 Å². The predicted octanol–water partition coefficient (Wildman–Crippen LogP) is -0.449. The Morgan fingerprint density at radius 1 is 1.29 bits per heavy atom. The van der Waals surface area contributed by atoms with Gasteiger partial charge >= 0.3 is 0 Å². The van der Waals surface area contributed by atoms with E-state index in [4.69, 9.17) is 4.74 Å². The molecule has 100 valence electrons. The van der Waals surface area contributed by atoms with Crippen LogP contribution in [0.5, 0.6) is 0 Å². The third-order valence-corrected chi connectivity index (χ3v) is 4.96. The molecular weight excluding hydrogens is 242 g/mol. The zero-order valence-corrected chi connectivity index (χ0v) is 10.8. The smallest absolute Gasteiger partial charge is 0.154 e. The first-order valence-electron chi connectivity index (χ1n) is 6.26. The normalized spacial score (nSPS) is 31.8. The van der Waals surface area contributed by atoms with Crippen LogP contribution in [-0.2, 0) is 14.6 Å². The number of rotatable bonds is 7. The third kappa shape index (κ3) is 4.54. The van der Waals surface area contributed by atoms with Crippen LogP contribution in [0, 0.1) is 5.92 Å². The molecule has 0 aromatic carbocycles. The maximum atomic E-state index is 11.2. The summed E-state index contributed by atoms with van der Waals surface area (Å²) in [5.74, 6) is 0.727. The molecule has 0 radical (unpaired) electrons. The van der Waals surface area contributed by atoms with Gasteiger partial charge in [0, 0.05) is 19.3 Å². The Bertz CT molecular complexity index is 339. The minimum absolute atomic E-state index is 0.0527. The van der Waals surface area contributed by atoms with Crippen molar-refractivity contribution >= 4 is 9.84 Å². The maximum absolute atomic E-state index is 11.2. The van der Waals surface area contributed by atoms with Gasteiger partial charge < -0.3 is 15.2 Å². The summed E-state index contributed by atoms with van der Waals surface area (Å²) < 4.78 is 28.0. The Morgan fingerprint density at radius 3 is 2.65 bits per heavy atom. The van der Waals surface area contributed by atoms with Crippen LogP contribution >= 0.6 is 0 Å². The van der Waals surface area contributed by atoms with Crippen molar-refractivity contribution in [3.63, 3.8) is 0 Å². The molecule has 6 heteroatoms. The molecule has 2 N–H and O–H groups in total. The highest BCUT2D eigenvalue weighted by Gasteiger charge is 2.35. The molecule has 2 aliphatic rings. The molecule has 0 spiro atoms. The first-order chi connectivity index (χ1) is 8.07. The molecule has 0 amide bonds. The molecule has 1 saturated carbocycles. The summed E-state index contributed by atoms with van der Waals surface area (Å²) in [6.45, 7) is 2.27. The van der Waals surface area contributed by atoms with Crippen molar-refractivity contribution in [3.8, 4) is 0 Å². The molecule has 2 unspecified atom stereocenters. The highest BCUT2D eigenvalue weighted by atomic mass is 32.2. The largest absolute Gasteiger partial charge is 0.390 e. The Morgan fingerprint density at radius 2 is 2.06 bits per heavy atom. The van der Waals surface area contributed by atoms with Crippen LogP contribution in [0.4, 0.5) is 0 Å². The standard InChI is InChI=1S/C11H21NO4S/c13-11-8-17(14,15)7-10(11)12-4-1-5-16-6-9-2-3-9/h9-13H,1-8H2. The van der Waals surface area contributed by atoms with Crippen LogP contribution in [0.3, 0.4) is 0 Å². The lowest BCUT2D eigenvalue weighted by Crippen LogP contribution is -2.39. The molecule has 2 fully saturated rings. The van der Waals surface area contributed by atoms with Gasteiger partial charge in [0.05, 0.1) is 17.6 Å². The van der Waals surface area contributed by atoms with E-state index >= 15 is 0 Å². The van der Waals surface area contributed by atoms with Gasteiger partial charge in [-0.15, -0.1) is 0 Å². The maximum Gasteiger partial charge on any atom is 0.154 e. The first-order valence-corrected chi connectivity index (χ1v) is 8.08. The molecule has 0 aromatic rings. The van der Waals surface area contributed by atoms with Gasteiger partial charge in [0.25, 0.3) is 0 Å². The third-order valence-electron chi connectivity index (χ3n) is 3.25. The Kier molecular flexibility index (Phi) is 4.41. The fraction of sp³-hybridized carbons (Fsp3) is 1.00. The van der Waals surface area contributed by atoms with Crippen LogP contribution < -0.4 is 5.32 Å². The minimum Gasteiger partial charge on any atom is -0.390 e. The van der Waals surface area contributed by atoms with Crippen LogP contribution in [0.25, 0.3) is 0 Å². The van der Waals surface area contributed by atoms with Crippen molar-refractivity contribution in [1.82, 2.24) is 5.32 Å². The van der Waals surface area contributed by atoms with Crippen molar-refractivity contribution in [2.75, 3.05) is 31.3 Å². The van der Waals surface area contributed by atoms with E-state index < -0.39 is 15.9 Å². The lowest BCUT2D eigenvalue weighted by molar-refractivity contribution is 0.118. The fourth-order valence-corrected chi connectivity index (χ4v) is 3.80. The summed E-state index contributed by atoms with van der Waals surface area (Å²) in [7, 11) is -3.04. The van der Waals surface area contributed by atoms with Gasteiger partial charge in [-0.1, -0.05) is 0 Å². The molecular formula is C11H21NO4S. The second-order valence-electron chi connectivity index (χ2n) is 5.08. The quantitative estimate of drug-likeness (QED) is 0.609. The average molecular weight is 263 g/mol. The van der Waals surface area contributed by atoms with E-state index in [0.717, 1.165) is 18.9 Å². The second-order valence-corrected chi connectivity index (χ2v) is 7.23. The van der Waals surface area contributed by atoms with Gasteiger partial charge in [0.15, 0.2) is 9.84 Å². The molecule has 17 heavy (non-hydrogen) atoms. The van der Waals surface area contributed by atoms with Crippen molar-refractivity contribution in [2.45, 2.75) is 31.4 Å². The van der Waals surface area contributed by atoms with E-state index in [1.807, 2.05) is 0 Å². The lowest BCUT2D eigenvalue weighted by Gasteiger charge is -2.14. The summed E-state index contributed by atoms with van der Waals surface area (Å²) in [6.07, 6.45) is 2.69. The van der Waals surface area contributed by atoms with Crippen LogP contribution in [0.2, 0.25) is 0 Å². The first kappa shape index (κ1) is 13.3. The molecule has 2 rings (SSSR count). The summed E-state index contributed by atoms with van der Waals surface area (Å²) >= 11 is 0. The van der Waals surface area contributed by atoms with Crippen molar-refractivity contribution in [1.29, 1.82) is 0 Å². The van der Waals surface area contributed by atoms with E-state index in [1.54, 1.807) is 0 Å². The van der Waals surface area contributed by atoms with Crippen molar-refractivity contribution in [2.24, 2.45) is 5.92 Å². The molecule has 1 saturated heterocycles. The van der Waals surface area contributed by atoms with Crippen LogP contribution in [-0.4, -0.2) is 56.9 Å². The molecule has 5 nitrogen and oxygen atoms in total. The molecule has 2 atom stereocenters. The summed E-state index contributed by atoms with van der Waals surface area (Å²) in [6, 6.07) is -0.302. The van der Waals surface area contributed by atoms with Crippen LogP contribution in [0.1, 0.15) is 19.3 Å². The topological polar surface area (TPSA) is 75.6 Å². The molecule has 0 bridgehead atoms. The summed E-state index contributed by atoms with van der Waals surface area (Å²) in [5, 5.41) is 12.6. The number of aliphatic hydroxyl groups excluding tert-OH is 1. The Balaban J connectivity index is 1.52. The van der Waals surface area contributed by atoms with Gasteiger partial charge in [0.1, 0.15) is 0 Å². The number of hydrogen-bond acceptors (Lipinski definition) is 5. The van der Waals surface area contributed by atoms with Gasteiger partial charge in [-0.2, -0.15) is 0 Å². The van der Waals surface area contributed by atoms with Gasteiger partial charge in [-0.05, 0) is 31.7 Å².